The molecule has 3 unspecified atom stereocenters. The predicted octanol–water partition coefficient (Wildman–Crippen LogP) is 2.36. The summed E-state index contributed by atoms with van der Waals surface area (Å²) < 4.78 is 11.3. The van der Waals surface area contributed by atoms with Crippen molar-refractivity contribution in [2.75, 3.05) is 32.9 Å². The molecular weight excluding hydrogens is 494 g/mol. The topological polar surface area (TPSA) is 100 Å². The van der Waals surface area contributed by atoms with Crippen LogP contribution in [0.15, 0.2) is 42.5 Å². The van der Waals surface area contributed by atoms with Crippen LogP contribution in [0.1, 0.15) is 51.6 Å². The number of halogens is 1. The summed E-state index contributed by atoms with van der Waals surface area (Å²) in [4.78, 5) is 28.1. The lowest BCUT2D eigenvalue weighted by Gasteiger charge is -2.34. The van der Waals surface area contributed by atoms with Crippen LogP contribution >= 0.6 is 12.4 Å². The number of hydrogen-bond acceptors (Lipinski definition) is 6. The van der Waals surface area contributed by atoms with Gasteiger partial charge in [-0.2, -0.15) is 0 Å². The second kappa shape index (κ2) is 12.3. The molecule has 37 heavy (non-hydrogen) atoms. The van der Waals surface area contributed by atoms with E-state index in [0.29, 0.717) is 49.3 Å². The molecule has 9 heteroatoms. The van der Waals surface area contributed by atoms with E-state index in [1.807, 2.05) is 11.8 Å². The van der Waals surface area contributed by atoms with Crippen molar-refractivity contribution in [1.29, 1.82) is 0 Å². The highest BCUT2D eigenvalue weighted by Crippen LogP contribution is 2.31. The monoisotopic (exact) mass is 529 g/mol. The number of carbonyl (C=O) groups is 2. The summed E-state index contributed by atoms with van der Waals surface area (Å²) in [5.41, 5.74) is 3.56. The smallest absolute Gasteiger partial charge is 0.255 e. The largest absolute Gasteiger partial charge is 0.493 e. The lowest BCUT2D eigenvalue weighted by atomic mass is 10.1. The third kappa shape index (κ3) is 6.09. The fourth-order valence-electron chi connectivity index (χ4n) is 5.61. The van der Waals surface area contributed by atoms with Crippen molar-refractivity contribution in [2.45, 2.75) is 56.8 Å². The Labute approximate surface area is 224 Å². The molecule has 0 spiro atoms. The number of carbonyl (C=O) groups excluding carboxylic acids is 2. The zero-order valence-corrected chi connectivity index (χ0v) is 22.0. The van der Waals surface area contributed by atoms with Crippen molar-refractivity contribution in [3.8, 4) is 5.75 Å². The minimum Gasteiger partial charge on any atom is -0.493 e. The van der Waals surface area contributed by atoms with E-state index in [2.05, 4.69) is 34.9 Å². The molecule has 2 aliphatic heterocycles. The number of aliphatic hydroxyl groups excluding tert-OH is 1. The molecule has 200 valence electrons. The standard InChI is InChI=1S/C28H35N3O5.ClH/c1-2-36-26-13-20(28(34)31-22-8-9-23(31)17-35-16-22)7-10-25(26)27(33)30-15-24(32)14-29-21-11-18-5-3-4-6-19(18)12-21;/h3-7,10,13,21-24,29,32H,2,8-9,11-12,14-17H2,1H3,(H,30,33);1H. The number of benzene rings is 2. The van der Waals surface area contributed by atoms with Gasteiger partial charge in [-0.3, -0.25) is 9.59 Å². The first-order valence-electron chi connectivity index (χ1n) is 13.0. The van der Waals surface area contributed by atoms with Crippen molar-refractivity contribution in [3.63, 3.8) is 0 Å². The van der Waals surface area contributed by atoms with Gasteiger partial charge in [0.1, 0.15) is 5.75 Å². The Morgan fingerprint density at radius 1 is 1.08 bits per heavy atom. The molecule has 2 fully saturated rings. The van der Waals surface area contributed by atoms with Crippen LogP contribution in [0, 0.1) is 0 Å². The zero-order valence-electron chi connectivity index (χ0n) is 21.2. The van der Waals surface area contributed by atoms with Gasteiger partial charge < -0.3 is 30.1 Å². The maximum absolute atomic E-state index is 13.2. The average Bonchev–Trinajstić information content (AvgIpc) is 3.42. The van der Waals surface area contributed by atoms with Gasteiger partial charge in [0.2, 0.25) is 0 Å². The number of fused-ring (bicyclic) bond motifs is 3. The Morgan fingerprint density at radius 2 is 1.76 bits per heavy atom. The summed E-state index contributed by atoms with van der Waals surface area (Å²) in [6, 6.07) is 13.9. The molecule has 5 rings (SSSR count). The van der Waals surface area contributed by atoms with Gasteiger partial charge in [0.05, 0.1) is 43.6 Å². The van der Waals surface area contributed by atoms with Crippen LogP contribution in [0.3, 0.4) is 0 Å². The number of ether oxygens (including phenoxy) is 2. The summed E-state index contributed by atoms with van der Waals surface area (Å²) in [6.45, 7) is 3.88. The predicted molar refractivity (Wildman–Crippen MR) is 143 cm³/mol. The average molecular weight is 530 g/mol. The molecule has 2 aromatic carbocycles. The first-order valence-corrected chi connectivity index (χ1v) is 13.0. The second-order valence-electron chi connectivity index (χ2n) is 9.92. The minimum absolute atomic E-state index is 0. The lowest BCUT2D eigenvalue weighted by molar-refractivity contribution is -0.00717. The van der Waals surface area contributed by atoms with Crippen LogP contribution in [0.25, 0.3) is 0 Å². The maximum Gasteiger partial charge on any atom is 0.255 e. The van der Waals surface area contributed by atoms with Gasteiger partial charge >= 0.3 is 0 Å². The molecule has 2 amide bonds. The van der Waals surface area contributed by atoms with Crippen molar-refractivity contribution >= 4 is 24.2 Å². The summed E-state index contributed by atoms with van der Waals surface area (Å²) in [5.74, 6) is -0.0109. The molecule has 0 saturated carbocycles. The van der Waals surface area contributed by atoms with Crippen molar-refractivity contribution in [3.05, 3.63) is 64.7 Å². The Kier molecular flexibility index (Phi) is 9.08. The van der Waals surface area contributed by atoms with E-state index in [0.717, 1.165) is 25.7 Å². The summed E-state index contributed by atoms with van der Waals surface area (Å²) in [6.07, 6.45) is 3.10. The lowest BCUT2D eigenvalue weighted by Crippen LogP contribution is -2.49. The van der Waals surface area contributed by atoms with Crippen LogP contribution in [0.2, 0.25) is 0 Å². The number of morpholine rings is 1. The molecule has 1 aliphatic carbocycles. The number of hydrogen-bond donors (Lipinski definition) is 3. The molecule has 3 N–H and O–H groups in total. The second-order valence-corrected chi connectivity index (χ2v) is 9.92. The van der Waals surface area contributed by atoms with E-state index in [-0.39, 0.29) is 42.8 Å². The highest BCUT2D eigenvalue weighted by Gasteiger charge is 2.40. The van der Waals surface area contributed by atoms with Crippen molar-refractivity contribution in [1.82, 2.24) is 15.5 Å². The summed E-state index contributed by atoms with van der Waals surface area (Å²) in [5, 5.41) is 16.7. The van der Waals surface area contributed by atoms with Crippen LogP contribution < -0.4 is 15.4 Å². The van der Waals surface area contributed by atoms with Crippen LogP contribution in [-0.4, -0.2) is 79.0 Å². The van der Waals surface area contributed by atoms with Crippen molar-refractivity contribution < 1.29 is 24.2 Å². The van der Waals surface area contributed by atoms with Crippen LogP contribution in [0.5, 0.6) is 5.75 Å². The third-order valence-corrected chi connectivity index (χ3v) is 7.44. The van der Waals surface area contributed by atoms with E-state index >= 15 is 0 Å². The molecule has 2 aromatic rings. The third-order valence-electron chi connectivity index (χ3n) is 7.44. The zero-order chi connectivity index (χ0) is 25.1. The molecule has 2 bridgehead atoms. The first kappa shape index (κ1) is 27.4. The Morgan fingerprint density at radius 3 is 2.41 bits per heavy atom. The fraction of sp³-hybridized carbons (Fsp3) is 0.500. The Balaban J connectivity index is 0.00000320. The van der Waals surface area contributed by atoms with Gasteiger partial charge in [0.25, 0.3) is 11.8 Å². The van der Waals surface area contributed by atoms with Crippen molar-refractivity contribution in [2.24, 2.45) is 0 Å². The van der Waals surface area contributed by atoms with Gasteiger partial charge in [-0.15, -0.1) is 12.4 Å². The van der Waals surface area contributed by atoms with Gasteiger partial charge in [-0.25, -0.2) is 0 Å². The fourth-order valence-corrected chi connectivity index (χ4v) is 5.61. The van der Waals surface area contributed by atoms with E-state index in [9.17, 15) is 14.7 Å². The molecule has 2 heterocycles. The molecule has 3 atom stereocenters. The van der Waals surface area contributed by atoms with Gasteiger partial charge in [-0.05, 0) is 61.9 Å². The number of aliphatic hydroxyl groups is 1. The van der Waals surface area contributed by atoms with Crippen LogP contribution in [-0.2, 0) is 17.6 Å². The molecular formula is C28H36ClN3O5. The SMILES string of the molecule is CCOc1cc(C(=O)N2C3CCC2COC3)ccc1C(=O)NCC(O)CNC1Cc2ccccc2C1.Cl. The normalized spacial score (nSPS) is 21.2. The summed E-state index contributed by atoms with van der Waals surface area (Å²) >= 11 is 0. The van der Waals surface area contributed by atoms with E-state index in [4.69, 9.17) is 9.47 Å². The molecule has 0 radical (unpaired) electrons. The van der Waals surface area contributed by atoms with E-state index in [1.54, 1.807) is 18.2 Å². The first-order chi connectivity index (χ1) is 17.5. The molecule has 2 saturated heterocycles. The van der Waals surface area contributed by atoms with Gasteiger partial charge in [-0.1, -0.05) is 24.3 Å². The Hall–Kier alpha value is -2.65. The number of amides is 2. The molecule has 0 aromatic heterocycles. The van der Waals surface area contributed by atoms with Gasteiger partial charge in [0, 0.05) is 24.7 Å². The minimum atomic E-state index is -0.717. The highest BCUT2D eigenvalue weighted by molar-refractivity contribution is 6.00. The highest BCUT2D eigenvalue weighted by atomic mass is 35.5. The molecule has 8 nitrogen and oxygen atoms in total. The number of nitrogens with one attached hydrogen (secondary N) is 2. The number of rotatable bonds is 9. The maximum atomic E-state index is 13.2. The van der Waals surface area contributed by atoms with E-state index < -0.39 is 6.10 Å². The Bertz CT molecular complexity index is 1070. The summed E-state index contributed by atoms with van der Waals surface area (Å²) in [7, 11) is 0. The number of nitrogens with zero attached hydrogens (tertiary/aromatic N) is 1. The quantitative estimate of drug-likeness (QED) is 0.461. The van der Waals surface area contributed by atoms with Crippen LogP contribution in [0.4, 0.5) is 0 Å². The van der Waals surface area contributed by atoms with E-state index in [1.165, 1.54) is 11.1 Å². The van der Waals surface area contributed by atoms with Gasteiger partial charge in [0.15, 0.2) is 0 Å². The molecule has 3 aliphatic rings.